The third-order valence-corrected chi connectivity index (χ3v) is 4.18. The molecule has 0 spiro atoms. The minimum Gasteiger partial charge on any atom is -0.408 e. The Kier molecular flexibility index (Phi) is 3.08. The molecule has 0 fully saturated rings. The third kappa shape index (κ3) is 2.33. The standard InChI is InChI=1S/C16H12N4OS/c1-10-19-20-15(21-10)18-16-17-14-12(8-5-9-13(14)22-16)11-6-3-2-4-7-11/h2-9H,1H3,(H,17,18,20). The van der Waals surface area contributed by atoms with Crippen LogP contribution in [0.5, 0.6) is 0 Å². The van der Waals surface area contributed by atoms with Gasteiger partial charge in [-0.25, -0.2) is 4.98 Å². The van der Waals surface area contributed by atoms with E-state index in [2.05, 4.69) is 44.8 Å². The van der Waals surface area contributed by atoms with E-state index in [9.17, 15) is 0 Å². The Bertz CT molecular complexity index is 930. The van der Waals surface area contributed by atoms with Crippen LogP contribution in [0.2, 0.25) is 0 Å². The molecule has 0 aliphatic carbocycles. The average molecular weight is 308 g/mol. The van der Waals surface area contributed by atoms with E-state index in [0.29, 0.717) is 11.9 Å². The Morgan fingerprint density at radius 1 is 1.00 bits per heavy atom. The number of hydrogen-bond donors (Lipinski definition) is 1. The molecule has 0 unspecified atom stereocenters. The van der Waals surface area contributed by atoms with Gasteiger partial charge in [0, 0.05) is 12.5 Å². The van der Waals surface area contributed by atoms with Crippen molar-refractivity contribution in [1.82, 2.24) is 15.2 Å². The van der Waals surface area contributed by atoms with Crippen molar-refractivity contribution < 1.29 is 4.42 Å². The van der Waals surface area contributed by atoms with Gasteiger partial charge >= 0.3 is 6.01 Å². The van der Waals surface area contributed by atoms with Crippen LogP contribution in [0.15, 0.2) is 52.9 Å². The lowest BCUT2D eigenvalue weighted by molar-refractivity contribution is 0.535. The minimum atomic E-state index is 0.359. The van der Waals surface area contributed by atoms with Gasteiger partial charge in [0.1, 0.15) is 0 Å². The van der Waals surface area contributed by atoms with E-state index in [1.54, 1.807) is 18.3 Å². The number of nitrogens with zero attached hydrogens (tertiary/aromatic N) is 3. The van der Waals surface area contributed by atoms with Gasteiger partial charge in [0.15, 0.2) is 5.13 Å². The molecular formula is C16H12N4OS. The average Bonchev–Trinajstić information content (AvgIpc) is 3.13. The van der Waals surface area contributed by atoms with Gasteiger partial charge in [-0.15, -0.1) is 5.10 Å². The van der Waals surface area contributed by atoms with Crippen LogP contribution in [0.1, 0.15) is 5.89 Å². The fourth-order valence-electron chi connectivity index (χ4n) is 2.29. The summed E-state index contributed by atoms with van der Waals surface area (Å²) in [7, 11) is 0. The lowest BCUT2D eigenvalue weighted by atomic mass is 10.1. The number of aromatic nitrogens is 3. The monoisotopic (exact) mass is 308 g/mol. The Hall–Kier alpha value is -2.73. The van der Waals surface area contributed by atoms with Gasteiger partial charge in [0.2, 0.25) is 5.89 Å². The fraction of sp³-hybridized carbons (Fsp3) is 0.0625. The smallest absolute Gasteiger partial charge is 0.321 e. The largest absolute Gasteiger partial charge is 0.408 e. The molecule has 1 N–H and O–H groups in total. The molecular weight excluding hydrogens is 296 g/mol. The fourth-order valence-corrected chi connectivity index (χ4v) is 3.17. The summed E-state index contributed by atoms with van der Waals surface area (Å²) in [5.74, 6) is 0.522. The van der Waals surface area contributed by atoms with Crippen LogP contribution < -0.4 is 5.32 Å². The Morgan fingerprint density at radius 3 is 2.64 bits per heavy atom. The van der Waals surface area contributed by atoms with E-state index in [1.165, 1.54) is 0 Å². The van der Waals surface area contributed by atoms with E-state index < -0.39 is 0 Å². The second-order valence-electron chi connectivity index (χ2n) is 4.79. The van der Waals surface area contributed by atoms with Crippen molar-refractivity contribution in [3.8, 4) is 11.1 Å². The zero-order valence-corrected chi connectivity index (χ0v) is 12.6. The number of benzene rings is 2. The summed E-state index contributed by atoms with van der Waals surface area (Å²) >= 11 is 1.56. The summed E-state index contributed by atoms with van der Waals surface area (Å²) < 4.78 is 6.44. The second kappa shape index (κ2) is 5.23. The first-order valence-corrected chi connectivity index (χ1v) is 7.63. The molecule has 0 aliphatic rings. The van der Waals surface area contributed by atoms with Gasteiger partial charge in [-0.05, 0) is 11.6 Å². The van der Waals surface area contributed by atoms with E-state index >= 15 is 0 Å². The molecule has 0 saturated heterocycles. The van der Waals surface area contributed by atoms with E-state index in [4.69, 9.17) is 4.42 Å². The van der Waals surface area contributed by atoms with Crippen LogP contribution >= 0.6 is 11.3 Å². The van der Waals surface area contributed by atoms with E-state index in [0.717, 1.165) is 26.5 Å². The zero-order chi connectivity index (χ0) is 14.9. The molecule has 4 rings (SSSR count). The molecule has 0 radical (unpaired) electrons. The topological polar surface area (TPSA) is 63.8 Å². The minimum absolute atomic E-state index is 0.359. The van der Waals surface area contributed by atoms with Crippen molar-refractivity contribution in [1.29, 1.82) is 0 Å². The molecule has 0 saturated carbocycles. The highest BCUT2D eigenvalue weighted by Gasteiger charge is 2.11. The number of para-hydroxylation sites is 1. The molecule has 2 aromatic heterocycles. The Labute approximate surface area is 130 Å². The Morgan fingerprint density at radius 2 is 1.86 bits per heavy atom. The molecule has 6 heteroatoms. The lowest BCUT2D eigenvalue weighted by Gasteiger charge is -2.01. The van der Waals surface area contributed by atoms with Crippen LogP contribution in [-0.4, -0.2) is 15.2 Å². The number of nitrogens with one attached hydrogen (secondary N) is 1. The molecule has 0 atom stereocenters. The molecule has 2 heterocycles. The quantitative estimate of drug-likeness (QED) is 0.608. The van der Waals surface area contributed by atoms with Crippen LogP contribution in [0, 0.1) is 6.92 Å². The molecule has 0 bridgehead atoms. The first-order chi connectivity index (χ1) is 10.8. The lowest BCUT2D eigenvalue weighted by Crippen LogP contribution is -1.89. The number of thiazole rings is 1. The maximum absolute atomic E-state index is 5.33. The van der Waals surface area contributed by atoms with Crippen LogP contribution in [0.25, 0.3) is 21.3 Å². The zero-order valence-electron chi connectivity index (χ0n) is 11.8. The molecule has 22 heavy (non-hydrogen) atoms. The van der Waals surface area contributed by atoms with Gasteiger partial charge in [-0.1, -0.05) is 58.9 Å². The number of fused-ring (bicyclic) bond motifs is 1. The first-order valence-electron chi connectivity index (χ1n) is 6.82. The normalized spacial score (nSPS) is 11.0. The van der Waals surface area contributed by atoms with Crippen molar-refractivity contribution in [2.75, 3.05) is 5.32 Å². The van der Waals surface area contributed by atoms with Crippen molar-refractivity contribution in [3.05, 3.63) is 54.4 Å². The maximum atomic E-state index is 5.33. The summed E-state index contributed by atoms with van der Waals surface area (Å²) in [5, 5.41) is 11.5. The maximum Gasteiger partial charge on any atom is 0.321 e. The number of aryl methyl sites for hydroxylation is 1. The highest BCUT2D eigenvalue weighted by Crippen LogP contribution is 2.34. The predicted molar refractivity (Wildman–Crippen MR) is 87.4 cm³/mol. The van der Waals surface area contributed by atoms with Crippen LogP contribution in [-0.2, 0) is 0 Å². The highest BCUT2D eigenvalue weighted by molar-refractivity contribution is 7.22. The number of rotatable bonds is 3. The number of anilines is 2. The van der Waals surface area contributed by atoms with Gasteiger partial charge < -0.3 is 4.42 Å². The molecule has 0 amide bonds. The van der Waals surface area contributed by atoms with Crippen molar-refractivity contribution in [2.24, 2.45) is 0 Å². The summed E-state index contributed by atoms with van der Waals surface area (Å²) in [6.07, 6.45) is 0. The molecule has 0 aliphatic heterocycles. The predicted octanol–water partition coefficient (Wildman–Crippen LogP) is 4.40. The Balaban J connectivity index is 1.77. The van der Waals surface area contributed by atoms with Crippen molar-refractivity contribution >= 4 is 32.7 Å². The highest BCUT2D eigenvalue weighted by atomic mass is 32.1. The van der Waals surface area contributed by atoms with Gasteiger partial charge in [-0.3, -0.25) is 5.32 Å². The van der Waals surface area contributed by atoms with E-state index in [1.807, 2.05) is 24.3 Å². The van der Waals surface area contributed by atoms with E-state index in [-0.39, 0.29) is 0 Å². The summed E-state index contributed by atoms with van der Waals surface area (Å²) in [6.45, 7) is 1.75. The number of hydrogen-bond acceptors (Lipinski definition) is 6. The molecule has 2 aromatic carbocycles. The first kappa shape index (κ1) is 13.0. The summed E-state index contributed by atoms with van der Waals surface area (Å²) in [5.41, 5.74) is 3.24. The van der Waals surface area contributed by atoms with Crippen molar-refractivity contribution in [2.45, 2.75) is 6.92 Å². The molecule has 108 valence electrons. The van der Waals surface area contributed by atoms with Gasteiger partial charge in [0.25, 0.3) is 0 Å². The molecule has 5 nitrogen and oxygen atoms in total. The van der Waals surface area contributed by atoms with Gasteiger partial charge in [-0.2, -0.15) is 0 Å². The van der Waals surface area contributed by atoms with Crippen LogP contribution in [0.4, 0.5) is 11.1 Å². The summed E-state index contributed by atoms with van der Waals surface area (Å²) in [4.78, 5) is 4.67. The second-order valence-corrected chi connectivity index (χ2v) is 5.82. The van der Waals surface area contributed by atoms with Crippen molar-refractivity contribution in [3.63, 3.8) is 0 Å². The SMILES string of the molecule is Cc1nnc(Nc2nc3c(-c4ccccc4)cccc3s2)o1. The third-order valence-electron chi connectivity index (χ3n) is 3.24. The van der Waals surface area contributed by atoms with Gasteiger partial charge in [0.05, 0.1) is 10.2 Å². The molecule has 4 aromatic rings. The summed E-state index contributed by atoms with van der Waals surface area (Å²) in [6, 6.07) is 16.8. The van der Waals surface area contributed by atoms with Crippen LogP contribution in [0.3, 0.4) is 0 Å².